The normalized spacial score (nSPS) is 25.7. The highest BCUT2D eigenvalue weighted by atomic mass is 19.1. The first-order valence-electron chi connectivity index (χ1n) is 11.0. The smallest absolute Gasteiger partial charge is 0.444 e. The second-order valence-corrected chi connectivity index (χ2v) is 10.8. The topological polar surface area (TPSA) is 51.2 Å². The molecule has 6 nitrogen and oxygen atoms in total. The Morgan fingerprint density at radius 3 is 2.06 bits per heavy atom. The standard InChI is InChI=1S/C23H36BFN2O4/c1-15-13-26(20(28)29-21(3,4)5)14-16(2)27(15)19-11-17(10-18(25)12-19)24-30-22(6,7)23(8,9)31-24/h10-12,15-16H,13-14H2,1-9H3/t15-,16+. The third kappa shape index (κ3) is 5.01. The van der Waals surface area contributed by atoms with Crippen LogP contribution in [0.2, 0.25) is 0 Å². The first kappa shape index (κ1) is 23.9. The van der Waals surface area contributed by atoms with Gasteiger partial charge in [-0.25, -0.2) is 9.18 Å². The van der Waals surface area contributed by atoms with Gasteiger partial charge in [0.15, 0.2) is 0 Å². The Morgan fingerprint density at radius 2 is 1.58 bits per heavy atom. The number of carbonyl (C=O) groups excluding carboxylic acids is 1. The molecule has 0 aliphatic carbocycles. The van der Waals surface area contributed by atoms with E-state index in [0.29, 0.717) is 18.6 Å². The maximum absolute atomic E-state index is 14.6. The SMILES string of the molecule is C[C@@H]1CN(C(=O)OC(C)(C)C)C[C@H](C)N1c1cc(F)cc(B2OC(C)(C)C(C)(C)O2)c1. The molecule has 31 heavy (non-hydrogen) atoms. The summed E-state index contributed by atoms with van der Waals surface area (Å²) >= 11 is 0. The van der Waals surface area contributed by atoms with Crippen molar-refractivity contribution >= 4 is 24.4 Å². The van der Waals surface area contributed by atoms with Crippen molar-refractivity contribution in [2.45, 2.75) is 91.2 Å². The number of rotatable bonds is 2. The molecule has 2 saturated heterocycles. The van der Waals surface area contributed by atoms with E-state index in [0.717, 1.165) is 5.69 Å². The van der Waals surface area contributed by atoms with Gasteiger partial charge < -0.3 is 23.8 Å². The fourth-order valence-electron chi connectivity index (χ4n) is 4.17. The number of ether oxygens (including phenoxy) is 1. The van der Waals surface area contributed by atoms with E-state index in [1.54, 1.807) is 4.90 Å². The maximum atomic E-state index is 14.6. The van der Waals surface area contributed by atoms with Gasteiger partial charge in [-0.05, 0) is 86.0 Å². The zero-order chi connectivity index (χ0) is 23.4. The molecule has 2 aliphatic heterocycles. The summed E-state index contributed by atoms with van der Waals surface area (Å²) in [4.78, 5) is 16.4. The predicted molar refractivity (Wildman–Crippen MR) is 121 cm³/mol. The summed E-state index contributed by atoms with van der Waals surface area (Å²) in [6.45, 7) is 18.6. The Labute approximate surface area is 186 Å². The summed E-state index contributed by atoms with van der Waals surface area (Å²) < 4.78 is 32.4. The average Bonchev–Trinajstić information content (AvgIpc) is 2.80. The van der Waals surface area contributed by atoms with E-state index in [9.17, 15) is 9.18 Å². The van der Waals surface area contributed by atoms with Gasteiger partial charge in [-0.1, -0.05) is 0 Å². The number of nitrogens with zero attached hydrogens (tertiary/aromatic N) is 2. The fourth-order valence-corrected chi connectivity index (χ4v) is 4.17. The van der Waals surface area contributed by atoms with Gasteiger partial charge in [0.2, 0.25) is 0 Å². The number of halogens is 1. The number of hydrogen-bond donors (Lipinski definition) is 0. The molecular weight excluding hydrogens is 398 g/mol. The molecule has 2 heterocycles. The quantitative estimate of drug-likeness (QED) is 0.660. The van der Waals surface area contributed by atoms with Crippen molar-refractivity contribution in [3.05, 3.63) is 24.0 Å². The molecule has 2 aliphatic rings. The molecule has 2 atom stereocenters. The minimum Gasteiger partial charge on any atom is -0.444 e. The van der Waals surface area contributed by atoms with E-state index in [-0.39, 0.29) is 24.0 Å². The highest BCUT2D eigenvalue weighted by molar-refractivity contribution is 6.62. The first-order valence-corrected chi connectivity index (χ1v) is 11.0. The molecule has 1 amide bonds. The van der Waals surface area contributed by atoms with Crippen molar-refractivity contribution in [3.63, 3.8) is 0 Å². The zero-order valence-corrected chi connectivity index (χ0v) is 20.3. The second kappa shape index (κ2) is 7.96. The summed E-state index contributed by atoms with van der Waals surface area (Å²) in [5.41, 5.74) is -0.120. The van der Waals surface area contributed by atoms with E-state index in [1.807, 2.05) is 68.4 Å². The van der Waals surface area contributed by atoms with Crippen LogP contribution in [-0.2, 0) is 14.0 Å². The van der Waals surface area contributed by atoms with Gasteiger partial charge in [0.1, 0.15) is 11.4 Å². The van der Waals surface area contributed by atoms with Crippen LogP contribution in [0.15, 0.2) is 18.2 Å². The molecule has 1 aromatic rings. The lowest BCUT2D eigenvalue weighted by atomic mass is 9.78. The zero-order valence-electron chi connectivity index (χ0n) is 20.3. The van der Waals surface area contributed by atoms with Crippen LogP contribution in [0.5, 0.6) is 0 Å². The number of hydrogen-bond acceptors (Lipinski definition) is 5. The van der Waals surface area contributed by atoms with Gasteiger partial charge in [0.25, 0.3) is 0 Å². The van der Waals surface area contributed by atoms with Crippen molar-refractivity contribution in [1.82, 2.24) is 4.90 Å². The Bertz CT molecular complexity index is 811. The van der Waals surface area contributed by atoms with E-state index < -0.39 is 23.9 Å². The van der Waals surface area contributed by atoms with Crippen LogP contribution in [0.4, 0.5) is 14.9 Å². The van der Waals surface area contributed by atoms with E-state index in [1.165, 1.54) is 12.1 Å². The van der Waals surface area contributed by atoms with Crippen LogP contribution in [0, 0.1) is 5.82 Å². The molecular formula is C23H36BFN2O4. The van der Waals surface area contributed by atoms with Crippen molar-refractivity contribution < 1.29 is 23.2 Å². The maximum Gasteiger partial charge on any atom is 0.495 e. The van der Waals surface area contributed by atoms with Crippen LogP contribution >= 0.6 is 0 Å². The molecule has 0 N–H and O–H groups in total. The predicted octanol–water partition coefficient (Wildman–Crippen LogP) is 3.96. The van der Waals surface area contributed by atoms with E-state index >= 15 is 0 Å². The number of benzene rings is 1. The number of anilines is 1. The van der Waals surface area contributed by atoms with Crippen molar-refractivity contribution in [2.24, 2.45) is 0 Å². The monoisotopic (exact) mass is 434 g/mol. The van der Waals surface area contributed by atoms with Gasteiger partial charge >= 0.3 is 13.2 Å². The van der Waals surface area contributed by atoms with Crippen molar-refractivity contribution in [1.29, 1.82) is 0 Å². The largest absolute Gasteiger partial charge is 0.495 e. The van der Waals surface area contributed by atoms with Crippen molar-refractivity contribution in [2.75, 3.05) is 18.0 Å². The van der Waals surface area contributed by atoms with Gasteiger partial charge in [0, 0.05) is 30.9 Å². The Morgan fingerprint density at radius 1 is 1.06 bits per heavy atom. The van der Waals surface area contributed by atoms with Gasteiger partial charge in [0.05, 0.1) is 11.2 Å². The molecule has 172 valence electrons. The fraction of sp³-hybridized carbons (Fsp3) is 0.696. The summed E-state index contributed by atoms with van der Waals surface area (Å²) in [6, 6.07) is 4.91. The molecule has 0 saturated carbocycles. The van der Waals surface area contributed by atoms with Crippen LogP contribution in [0.3, 0.4) is 0 Å². The van der Waals surface area contributed by atoms with E-state index in [2.05, 4.69) is 4.90 Å². The summed E-state index contributed by atoms with van der Waals surface area (Å²) in [7, 11) is -0.631. The number of piperazine rings is 1. The lowest BCUT2D eigenvalue weighted by molar-refractivity contribution is 0.00578. The van der Waals surface area contributed by atoms with Crippen LogP contribution < -0.4 is 10.4 Å². The molecule has 0 bridgehead atoms. The Kier molecular flexibility index (Phi) is 6.13. The average molecular weight is 434 g/mol. The molecule has 0 aromatic heterocycles. The molecule has 0 unspecified atom stereocenters. The van der Waals surface area contributed by atoms with Gasteiger partial charge in [-0.3, -0.25) is 0 Å². The lowest BCUT2D eigenvalue weighted by Gasteiger charge is -2.46. The minimum absolute atomic E-state index is 0.00999. The number of carbonyl (C=O) groups is 1. The highest BCUT2D eigenvalue weighted by Gasteiger charge is 2.52. The third-order valence-electron chi connectivity index (χ3n) is 6.30. The third-order valence-corrected chi connectivity index (χ3v) is 6.30. The summed E-state index contributed by atoms with van der Waals surface area (Å²) in [6.07, 6.45) is -0.317. The molecule has 0 spiro atoms. The van der Waals surface area contributed by atoms with E-state index in [4.69, 9.17) is 14.0 Å². The highest BCUT2D eigenvalue weighted by Crippen LogP contribution is 2.37. The first-order chi connectivity index (χ1) is 14.1. The molecule has 0 radical (unpaired) electrons. The van der Waals surface area contributed by atoms with Gasteiger partial charge in [-0.2, -0.15) is 0 Å². The minimum atomic E-state index is -0.631. The van der Waals surface area contributed by atoms with Crippen LogP contribution in [-0.4, -0.2) is 60.1 Å². The molecule has 3 rings (SSSR count). The lowest BCUT2D eigenvalue weighted by Crippen LogP contribution is -2.59. The molecule has 8 heteroatoms. The Hall–Kier alpha value is -1.80. The number of amides is 1. The Balaban J connectivity index is 1.81. The molecule has 2 fully saturated rings. The second-order valence-electron chi connectivity index (χ2n) is 10.8. The summed E-state index contributed by atoms with van der Waals surface area (Å²) in [5.74, 6) is -0.337. The van der Waals surface area contributed by atoms with Crippen molar-refractivity contribution in [3.8, 4) is 0 Å². The van der Waals surface area contributed by atoms with Crippen LogP contribution in [0.1, 0.15) is 62.3 Å². The molecule has 1 aromatic carbocycles. The van der Waals surface area contributed by atoms with Gasteiger partial charge in [-0.15, -0.1) is 0 Å². The van der Waals surface area contributed by atoms with Crippen LogP contribution in [0.25, 0.3) is 0 Å². The summed E-state index contributed by atoms with van der Waals surface area (Å²) in [5, 5.41) is 0.